The Hall–Kier alpha value is -3.06. The lowest BCUT2D eigenvalue weighted by Gasteiger charge is -2.36. The molecule has 2 fully saturated rings. The van der Waals surface area contributed by atoms with Crippen molar-refractivity contribution in [2.75, 3.05) is 36.4 Å². The minimum atomic E-state index is -0.0936. The van der Waals surface area contributed by atoms with Crippen molar-refractivity contribution in [2.24, 2.45) is 0 Å². The number of nitrogens with one attached hydrogen (secondary N) is 1. The molecule has 5 rings (SSSR count). The van der Waals surface area contributed by atoms with Gasteiger partial charge in [0.15, 0.2) is 0 Å². The summed E-state index contributed by atoms with van der Waals surface area (Å²) in [4.78, 5) is 21.3. The predicted molar refractivity (Wildman–Crippen MR) is 121 cm³/mol. The minimum absolute atomic E-state index is 0.0936. The summed E-state index contributed by atoms with van der Waals surface area (Å²) in [5, 5.41) is 7.69. The van der Waals surface area contributed by atoms with Crippen molar-refractivity contribution < 1.29 is 9.32 Å². The average Bonchev–Trinajstić information content (AvgIpc) is 3.53. The molecule has 1 aliphatic carbocycles. The Bertz CT molecular complexity index is 1090. The summed E-state index contributed by atoms with van der Waals surface area (Å²) in [5.41, 5.74) is 3.82. The highest BCUT2D eigenvalue weighted by molar-refractivity contribution is 6.31. The second-order valence-corrected chi connectivity index (χ2v) is 8.58. The molecule has 0 spiro atoms. The van der Waals surface area contributed by atoms with Crippen LogP contribution in [-0.4, -0.2) is 47.3 Å². The number of amides is 2. The van der Waals surface area contributed by atoms with Gasteiger partial charge in [0.1, 0.15) is 0 Å². The van der Waals surface area contributed by atoms with E-state index in [4.69, 9.17) is 16.1 Å². The van der Waals surface area contributed by atoms with Crippen LogP contribution in [0.4, 0.5) is 16.2 Å². The third kappa shape index (κ3) is 4.37. The normalized spacial score (nSPS) is 16.5. The zero-order valence-corrected chi connectivity index (χ0v) is 18.1. The van der Waals surface area contributed by atoms with E-state index in [9.17, 15) is 4.79 Å². The lowest BCUT2D eigenvalue weighted by atomic mass is 10.1. The van der Waals surface area contributed by atoms with Crippen molar-refractivity contribution in [1.29, 1.82) is 0 Å². The zero-order chi connectivity index (χ0) is 21.4. The van der Waals surface area contributed by atoms with Crippen LogP contribution < -0.4 is 10.2 Å². The number of piperazine rings is 1. The molecule has 0 radical (unpaired) electrons. The molecule has 1 saturated heterocycles. The Morgan fingerprint density at radius 2 is 1.84 bits per heavy atom. The van der Waals surface area contributed by atoms with Gasteiger partial charge in [-0.15, -0.1) is 0 Å². The van der Waals surface area contributed by atoms with Crippen LogP contribution in [-0.2, 0) is 0 Å². The number of carbonyl (C=O) groups is 1. The highest BCUT2D eigenvalue weighted by Crippen LogP contribution is 2.39. The molecule has 1 saturated carbocycles. The van der Waals surface area contributed by atoms with E-state index in [1.54, 1.807) is 6.07 Å². The first-order valence-electron chi connectivity index (χ1n) is 10.6. The van der Waals surface area contributed by atoms with Crippen molar-refractivity contribution in [1.82, 2.24) is 15.0 Å². The van der Waals surface area contributed by atoms with Crippen molar-refractivity contribution in [2.45, 2.75) is 25.7 Å². The van der Waals surface area contributed by atoms with Crippen LogP contribution in [0.5, 0.6) is 0 Å². The highest BCUT2D eigenvalue weighted by Gasteiger charge is 2.29. The van der Waals surface area contributed by atoms with Gasteiger partial charge in [0.2, 0.25) is 11.7 Å². The number of aryl methyl sites for hydroxylation is 1. The van der Waals surface area contributed by atoms with Gasteiger partial charge in [-0.05, 0) is 61.7 Å². The monoisotopic (exact) mass is 437 g/mol. The second kappa shape index (κ2) is 8.23. The summed E-state index contributed by atoms with van der Waals surface area (Å²) in [5.74, 6) is 1.85. The molecule has 2 amide bonds. The number of carbonyl (C=O) groups excluding carboxylic acids is 1. The van der Waals surface area contributed by atoms with Gasteiger partial charge in [0, 0.05) is 54.1 Å². The fourth-order valence-corrected chi connectivity index (χ4v) is 3.93. The molecule has 8 heteroatoms. The van der Waals surface area contributed by atoms with E-state index in [0.717, 1.165) is 54.3 Å². The van der Waals surface area contributed by atoms with Gasteiger partial charge in [-0.2, -0.15) is 4.98 Å². The van der Waals surface area contributed by atoms with E-state index >= 15 is 0 Å². The Kier molecular flexibility index (Phi) is 5.28. The summed E-state index contributed by atoms with van der Waals surface area (Å²) in [7, 11) is 0. The van der Waals surface area contributed by atoms with Crippen molar-refractivity contribution in [3.05, 3.63) is 58.9 Å². The zero-order valence-electron chi connectivity index (χ0n) is 17.3. The maximum atomic E-state index is 12.7. The summed E-state index contributed by atoms with van der Waals surface area (Å²) >= 11 is 6.06. The number of nitrogens with zero attached hydrogens (tertiary/aromatic N) is 4. The number of aromatic nitrogens is 2. The molecule has 0 bridgehead atoms. The lowest BCUT2D eigenvalue weighted by molar-refractivity contribution is 0.208. The highest BCUT2D eigenvalue weighted by atomic mass is 35.5. The quantitative estimate of drug-likeness (QED) is 0.626. The molecule has 0 atom stereocenters. The standard InChI is InChI=1S/C23H24ClN5O2/c1-15-2-7-18(24)14-20(15)25-23(30)29-12-10-28(11-13-29)19-8-5-16(6-9-19)21-26-22(31-27-21)17-3-4-17/h2,5-9,14,17H,3-4,10-13H2,1H3,(H,25,30). The van der Waals surface area contributed by atoms with Crippen LogP contribution >= 0.6 is 11.6 Å². The minimum Gasteiger partial charge on any atom is -0.368 e. The molecule has 31 heavy (non-hydrogen) atoms. The van der Waals surface area contributed by atoms with E-state index in [2.05, 4.69) is 32.5 Å². The third-order valence-electron chi connectivity index (χ3n) is 5.87. The molecular weight excluding hydrogens is 414 g/mol. The van der Waals surface area contributed by atoms with E-state index in [-0.39, 0.29) is 6.03 Å². The van der Waals surface area contributed by atoms with E-state index in [0.29, 0.717) is 29.9 Å². The van der Waals surface area contributed by atoms with E-state index < -0.39 is 0 Å². The smallest absolute Gasteiger partial charge is 0.321 e. The first-order valence-corrected chi connectivity index (χ1v) is 11.0. The van der Waals surface area contributed by atoms with Gasteiger partial charge in [-0.1, -0.05) is 22.8 Å². The van der Waals surface area contributed by atoms with Gasteiger partial charge >= 0.3 is 6.03 Å². The number of hydrogen-bond donors (Lipinski definition) is 1. The van der Waals surface area contributed by atoms with E-state index in [1.165, 1.54) is 0 Å². The molecule has 2 heterocycles. The van der Waals surface area contributed by atoms with Gasteiger partial charge in [-0.25, -0.2) is 4.79 Å². The Morgan fingerprint density at radius 3 is 2.55 bits per heavy atom. The van der Waals surface area contributed by atoms with Crippen LogP contribution in [0, 0.1) is 6.92 Å². The molecule has 3 aromatic rings. The average molecular weight is 438 g/mol. The van der Waals surface area contributed by atoms with Crippen molar-refractivity contribution >= 4 is 29.0 Å². The van der Waals surface area contributed by atoms with Gasteiger partial charge < -0.3 is 19.6 Å². The molecule has 1 N–H and O–H groups in total. The Labute approximate surface area is 186 Å². The molecule has 0 unspecified atom stereocenters. The summed E-state index contributed by atoms with van der Waals surface area (Å²) in [6, 6.07) is 13.6. The van der Waals surface area contributed by atoms with Crippen LogP contribution in [0.1, 0.15) is 30.2 Å². The summed E-state index contributed by atoms with van der Waals surface area (Å²) < 4.78 is 5.36. The number of benzene rings is 2. The molecule has 2 aromatic carbocycles. The summed E-state index contributed by atoms with van der Waals surface area (Å²) in [6.45, 7) is 4.81. The second-order valence-electron chi connectivity index (χ2n) is 8.14. The van der Waals surface area contributed by atoms with Gasteiger partial charge in [0.25, 0.3) is 0 Å². The lowest BCUT2D eigenvalue weighted by Crippen LogP contribution is -2.50. The third-order valence-corrected chi connectivity index (χ3v) is 6.10. The first-order chi connectivity index (χ1) is 15.1. The Balaban J connectivity index is 1.18. The topological polar surface area (TPSA) is 74.5 Å². The maximum Gasteiger partial charge on any atom is 0.321 e. The van der Waals surface area contributed by atoms with Crippen LogP contribution in [0.15, 0.2) is 47.0 Å². The van der Waals surface area contributed by atoms with Crippen molar-refractivity contribution in [3.63, 3.8) is 0 Å². The fourth-order valence-electron chi connectivity index (χ4n) is 3.76. The van der Waals surface area contributed by atoms with E-state index in [1.807, 2.05) is 36.1 Å². The number of halogens is 1. The Morgan fingerprint density at radius 1 is 1.10 bits per heavy atom. The summed E-state index contributed by atoms with van der Waals surface area (Å²) in [6.07, 6.45) is 2.28. The van der Waals surface area contributed by atoms with Crippen LogP contribution in [0.3, 0.4) is 0 Å². The number of urea groups is 1. The largest absolute Gasteiger partial charge is 0.368 e. The molecular formula is C23H24ClN5O2. The van der Waals surface area contributed by atoms with Gasteiger partial charge in [-0.3, -0.25) is 0 Å². The SMILES string of the molecule is Cc1ccc(Cl)cc1NC(=O)N1CCN(c2ccc(-c3noc(C4CC4)n3)cc2)CC1. The fraction of sp³-hybridized carbons (Fsp3) is 0.348. The molecule has 1 aromatic heterocycles. The number of anilines is 2. The molecule has 7 nitrogen and oxygen atoms in total. The molecule has 2 aliphatic rings. The number of hydrogen-bond acceptors (Lipinski definition) is 5. The number of rotatable bonds is 4. The van der Waals surface area contributed by atoms with Crippen molar-refractivity contribution in [3.8, 4) is 11.4 Å². The molecule has 160 valence electrons. The predicted octanol–water partition coefficient (Wildman–Crippen LogP) is 4.93. The maximum absolute atomic E-state index is 12.7. The first kappa shape index (κ1) is 19.9. The molecule has 1 aliphatic heterocycles. The van der Waals surface area contributed by atoms with Crippen LogP contribution in [0.25, 0.3) is 11.4 Å². The van der Waals surface area contributed by atoms with Crippen LogP contribution in [0.2, 0.25) is 5.02 Å². The van der Waals surface area contributed by atoms with Gasteiger partial charge in [0.05, 0.1) is 0 Å².